The molecule has 0 fully saturated rings. The molecule has 0 unspecified atom stereocenters. The second-order valence-electron chi connectivity index (χ2n) is 5.79. The van der Waals surface area contributed by atoms with Crippen molar-refractivity contribution in [1.82, 2.24) is 4.90 Å². The molecule has 2 amide bonds. The molecule has 0 heterocycles. The van der Waals surface area contributed by atoms with Gasteiger partial charge in [-0.05, 0) is 23.6 Å². The molecule has 0 bridgehead atoms. The van der Waals surface area contributed by atoms with Gasteiger partial charge in [0, 0.05) is 18.5 Å². The topological polar surface area (TPSA) is 49.4 Å². The van der Waals surface area contributed by atoms with Gasteiger partial charge in [-0.3, -0.25) is 9.59 Å². The number of amides is 2. The third-order valence-corrected chi connectivity index (χ3v) is 4.80. The van der Waals surface area contributed by atoms with E-state index >= 15 is 0 Å². The Labute approximate surface area is 153 Å². The smallest absolute Gasteiger partial charge is 0.243 e. The van der Waals surface area contributed by atoms with Crippen LogP contribution in [-0.2, 0) is 21.8 Å². The van der Waals surface area contributed by atoms with E-state index in [1.165, 1.54) is 10.5 Å². The summed E-state index contributed by atoms with van der Waals surface area (Å²) >= 11 is 1.56. The Hall–Kier alpha value is -2.27. The van der Waals surface area contributed by atoms with E-state index in [9.17, 15) is 9.59 Å². The minimum Gasteiger partial charge on any atom is -0.336 e. The number of carbonyl (C=O) groups excluding carboxylic acids is 2. The van der Waals surface area contributed by atoms with Crippen molar-refractivity contribution in [2.45, 2.75) is 19.1 Å². The summed E-state index contributed by atoms with van der Waals surface area (Å²) in [5.74, 6) is 0.936. The fraction of sp³-hybridized carbons (Fsp3) is 0.300. The van der Waals surface area contributed by atoms with Crippen molar-refractivity contribution in [1.29, 1.82) is 0 Å². The standard InChI is InChI=1S/C20H24N2O2S/c1-3-17-11-7-8-12-18(17)21-19(23)13-22(2)20(24)15-25-14-16-9-5-4-6-10-16/h4-12H,3,13-15H2,1-2H3,(H,21,23). The molecule has 2 aromatic carbocycles. The van der Waals surface area contributed by atoms with E-state index in [1.54, 1.807) is 18.8 Å². The van der Waals surface area contributed by atoms with Gasteiger partial charge in [0.15, 0.2) is 0 Å². The number of nitrogens with one attached hydrogen (secondary N) is 1. The number of carbonyl (C=O) groups is 2. The first-order chi connectivity index (χ1) is 12.1. The molecule has 5 heteroatoms. The molecule has 0 aliphatic carbocycles. The third-order valence-electron chi connectivity index (χ3n) is 3.82. The molecule has 2 rings (SSSR count). The van der Waals surface area contributed by atoms with Crippen molar-refractivity contribution < 1.29 is 9.59 Å². The van der Waals surface area contributed by atoms with Gasteiger partial charge in [0.1, 0.15) is 0 Å². The van der Waals surface area contributed by atoms with Crippen LogP contribution in [0.2, 0.25) is 0 Å². The van der Waals surface area contributed by atoms with Gasteiger partial charge in [-0.2, -0.15) is 0 Å². The van der Waals surface area contributed by atoms with Crippen LogP contribution in [0.15, 0.2) is 54.6 Å². The number of hydrogen-bond acceptors (Lipinski definition) is 3. The van der Waals surface area contributed by atoms with E-state index < -0.39 is 0 Å². The summed E-state index contributed by atoms with van der Waals surface area (Å²) in [7, 11) is 1.66. The maximum Gasteiger partial charge on any atom is 0.243 e. The molecule has 4 nitrogen and oxygen atoms in total. The zero-order valence-electron chi connectivity index (χ0n) is 14.7. The molecule has 0 saturated heterocycles. The number of thioether (sulfide) groups is 1. The van der Waals surface area contributed by atoms with Gasteiger partial charge in [0.2, 0.25) is 11.8 Å². The van der Waals surface area contributed by atoms with Crippen molar-refractivity contribution in [3.8, 4) is 0 Å². The summed E-state index contributed by atoms with van der Waals surface area (Å²) in [6, 6.07) is 17.8. The molecule has 0 aliphatic rings. The summed E-state index contributed by atoms with van der Waals surface area (Å²) in [6.07, 6.45) is 0.849. The highest BCUT2D eigenvalue weighted by molar-refractivity contribution is 7.99. The van der Waals surface area contributed by atoms with E-state index in [0.29, 0.717) is 5.75 Å². The average molecular weight is 356 g/mol. The molecule has 0 saturated carbocycles. The first-order valence-corrected chi connectivity index (χ1v) is 9.49. The fourth-order valence-electron chi connectivity index (χ4n) is 2.38. The second kappa shape index (κ2) is 9.89. The first-order valence-electron chi connectivity index (χ1n) is 8.33. The molecule has 25 heavy (non-hydrogen) atoms. The Kier molecular flexibility index (Phi) is 7.54. The van der Waals surface area contributed by atoms with Gasteiger partial charge in [0.05, 0.1) is 12.3 Å². The first kappa shape index (κ1) is 19.1. The van der Waals surface area contributed by atoms with Crippen molar-refractivity contribution in [3.63, 3.8) is 0 Å². The highest BCUT2D eigenvalue weighted by atomic mass is 32.2. The van der Waals surface area contributed by atoms with E-state index in [4.69, 9.17) is 0 Å². The minimum absolute atomic E-state index is 0.0418. The highest BCUT2D eigenvalue weighted by Gasteiger charge is 2.14. The third kappa shape index (κ3) is 6.27. The molecular weight excluding hydrogens is 332 g/mol. The molecular formula is C20H24N2O2S. The fourth-order valence-corrected chi connectivity index (χ4v) is 3.31. The van der Waals surface area contributed by atoms with Gasteiger partial charge in [0.25, 0.3) is 0 Å². The molecule has 0 radical (unpaired) electrons. The molecule has 0 aliphatic heterocycles. The Bertz CT molecular complexity index is 704. The largest absolute Gasteiger partial charge is 0.336 e. The second-order valence-corrected chi connectivity index (χ2v) is 6.77. The minimum atomic E-state index is -0.176. The van der Waals surface area contributed by atoms with Crippen LogP contribution >= 0.6 is 11.8 Å². The Morgan fingerprint density at radius 3 is 2.44 bits per heavy atom. The van der Waals surface area contributed by atoms with Crippen LogP contribution < -0.4 is 5.32 Å². The lowest BCUT2D eigenvalue weighted by Crippen LogP contribution is -2.36. The highest BCUT2D eigenvalue weighted by Crippen LogP contribution is 2.15. The predicted octanol–water partition coefficient (Wildman–Crippen LogP) is 3.58. The SMILES string of the molecule is CCc1ccccc1NC(=O)CN(C)C(=O)CSCc1ccccc1. The van der Waals surface area contributed by atoms with Gasteiger partial charge in [-0.15, -0.1) is 11.8 Å². The molecule has 0 spiro atoms. The normalized spacial score (nSPS) is 10.3. The van der Waals surface area contributed by atoms with Crippen molar-refractivity contribution in [2.75, 3.05) is 24.7 Å². The van der Waals surface area contributed by atoms with Gasteiger partial charge < -0.3 is 10.2 Å². The number of likely N-dealkylation sites (N-methyl/N-ethyl adjacent to an activating group) is 1. The van der Waals surface area contributed by atoms with Gasteiger partial charge in [-0.1, -0.05) is 55.5 Å². The van der Waals surface area contributed by atoms with Crippen LogP contribution in [-0.4, -0.2) is 36.1 Å². The number of benzene rings is 2. The van der Waals surface area contributed by atoms with Crippen molar-refractivity contribution in [2.24, 2.45) is 0 Å². The molecule has 0 aromatic heterocycles. The van der Waals surface area contributed by atoms with Crippen LogP contribution in [0.25, 0.3) is 0 Å². The zero-order chi connectivity index (χ0) is 18.1. The lowest BCUT2D eigenvalue weighted by Gasteiger charge is -2.17. The Balaban J connectivity index is 1.77. The van der Waals surface area contributed by atoms with Crippen molar-refractivity contribution >= 4 is 29.3 Å². The van der Waals surface area contributed by atoms with Gasteiger partial charge in [-0.25, -0.2) is 0 Å². The lowest BCUT2D eigenvalue weighted by atomic mass is 10.1. The van der Waals surface area contributed by atoms with Crippen LogP contribution in [0.5, 0.6) is 0 Å². The maximum atomic E-state index is 12.2. The number of hydrogen-bond donors (Lipinski definition) is 1. The Morgan fingerprint density at radius 1 is 1.04 bits per heavy atom. The van der Waals surface area contributed by atoms with E-state index in [2.05, 4.69) is 5.32 Å². The summed E-state index contributed by atoms with van der Waals surface area (Å²) in [5, 5.41) is 2.89. The van der Waals surface area contributed by atoms with Gasteiger partial charge >= 0.3 is 0 Å². The lowest BCUT2D eigenvalue weighted by molar-refractivity contribution is -0.131. The summed E-state index contributed by atoms with van der Waals surface area (Å²) in [4.78, 5) is 25.8. The molecule has 132 valence electrons. The monoisotopic (exact) mass is 356 g/mol. The van der Waals surface area contributed by atoms with Crippen LogP contribution in [0, 0.1) is 0 Å². The Morgan fingerprint density at radius 2 is 1.72 bits per heavy atom. The van der Waals surface area contributed by atoms with Crippen LogP contribution in [0.4, 0.5) is 5.69 Å². The number of anilines is 1. The molecule has 0 atom stereocenters. The summed E-state index contributed by atoms with van der Waals surface area (Å²) < 4.78 is 0. The average Bonchev–Trinajstić information content (AvgIpc) is 2.62. The number of para-hydroxylation sites is 1. The number of rotatable bonds is 8. The maximum absolute atomic E-state index is 12.2. The number of aryl methyl sites for hydroxylation is 1. The van der Waals surface area contributed by atoms with Crippen LogP contribution in [0.3, 0.4) is 0 Å². The summed E-state index contributed by atoms with van der Waals surface area (Å²) in [5.41, 5.74) is 3.09. The summed E-state index contributed by atoms with van der Waals surface area (Å²) in [6.45, 7) is 2.10. The predicted molar refractivity (Wildman–Crippen MR) is 105 cm³/mol. The quantitative estimate of drug-likeness (QED) is 0.786. The van der Waals surface area contributed by atoms with Crippen molar-refractivity contribution in [3.05, 3.63) is 65.7 Å². The van der Waals surface area contributed by atoms with E-state index in [-0.39, 0.29) is 18.4 Å². The van der Waals surface area contributed by atoms with Crippen LogP contribution in [0.1, 0.15) is 18.1 Å². The van der Waals surface area contributed by atoms with E-state index in [0.717, 1.165) is 23.4 Å². The molecule has 2 aromatic rings. The molecule has 1 N–H and O–H groups in total. The zero-order valence-corrected chi connectivity index (χ0v) is 15.5. The van der Waals surface area contributed by atoms with E-state index in [1.807, 2.05) is 61.5 Å². The number of nitrogens with zero attached hydrogens (tertiary/aromatic N) is 1.